The zero-order valence-corrected chi connectivity index (χ0v) is 16.8. The van der Waals surface area contributed by atoms with Gasteiger partial charge < -0.3 is 5.32 Å². The molecule has 29 heavy (non-hydrogen) atoms. The standard InChI is InChI=1S/C24H24F2N3/c1-16-17(2)29(14-18-7-9-20(25)10-8-18,15-19-5-4-6-21(26)13-19)23-22(16)11-12-28-24(23)27-3/h4-13H,14-15H2,1-3H3,(H,27,28)/q+1. The number of anilines is 1. The number of pyridine rings is 1. The molecule has 2 aromatic carbocycles. The number of aromatic nitrogens is 1. The van der Waals surface area contributed by atoms with Crippen LogP contribution in [-0.2, 0) is 13.1 Å². The molecule has 0 amide bonds. The normalized spacial score (nSPS) is 18.1. The number of hydrogen-bond acceptors (Lipinski definition) is 2. The van der Waals surface area contributed by atoms with Gasteiger partial charge in [0.2, 0.25) is 0 Å². The maximum absolute atomic E-state index is 14.0. The summed E-state index contributed by atoms with van der Waals surface area (Å²) in [5, 5.41) is 3.23. The van der Waals surface area contributed by atoms with Crippen molar-refractivity contribution in [2.24, 2.45) is 0 Å². The molecule has 0 fully saturated rings. The lowest BCUT2D eigenvalue weighted by Crippen LogP contribution is -2.45. The minimum atomic E-state index is -0.256. The first-order valence-electron chi connectivity index (χ1n) is 9.66. The minimum absolute atomic E-state index is 0.250. The third kappa shape index (κ3) is 3.32. The number of nitrogens with zero attached hydrogens (tertiary/aromatic N) is 2. The van der Waals surface area contributed by atoms with Crippen LogP contribution in [0.25, 0.3) is 5.57 Å². The van der Waals surface area contributed by atoms with Crippen LogP contribution >= 0.6 is 0 Å². The number of nitrogens with one attached hydrogen (secondary N) is 1. The summed E-state index contributed by atoms with van der Waals surface area (Å²) < 4.78 is 28.0. The van der Waals surface area contributed by atoms with Crippen LogP contribution in [0.3, 0.4) is 0 Å². The van der Waals surface area contributed by atoms with Crippen molar-refractivity contribution < 1.29 is 8.78 Å². The van der Waals surface area contributed by atoms with Crippen molar-refractivity contribution in [3.8, 4) is 0 Å². The van der Waals surface area contributed by atoms with E-state index in [9.17, 15) is 8.78 Å². The van der Waals surface area contributed by atoms with Crippen LogP contribution in [0.15, 0.2) is 66.5 Å². The summed E-state index contributed by atoms with van der Waals surface area (Å²) in [6, 6.07) is 15.4. The molecule has 3 aromatic rings. The van der Waals surface area contributed by atoms with Crippen molar-refractivity contribution in [1.82, 2.24) is 9.47 Å². The molecule has 148 valence electrons. The Kier molecular flexibility index (Phi) is 4.92. The number of benzene rings is 2. The Bertz CT molecular complexity index is 1090. The first-order valence-corrected chi connectivity index (χ1v) is 9.66. The largest absolute Gasteiger partial charge is 0.368 e. The van der Waals surface area contributed by atoms with Gasteiger partial charge in [0.1, 0.15) is 30.4 Å². The summed E-state index contributed by atoms with van der Waals surface area (Å²) in [5.74, 6) is 0.297. The van der Waals surface area contributed by atoms with Crippen LogP contribution in [0, 0.1) is 11.6 Å². The van der Waals surface area contributed by atoms with Crippen molar-refractivity contribution in [2.75, 3.05) is 12.4 Å². The van der Waals surface area contributed by atoms with Gasteiger partial charge in [-0.15, -0.1) is 0 Å². The molecule has 0 radical (unpaired) electrons. The Labute approximate surface area is 169 Å². The highest BCUT2D eigenvalue weighted by molar-refractivity contribution is 5.89. The predicted octanol–water partition coefficient (Wildman–Crippen LogP) is 5.87. The third-order valence-electron chi connectivity index (χ3n) is 5.89. The molecule has 1 aliphatic heterocycles. The molecule has 2 heterocycles. The van der Waals surface area contributed by atoms with Gasteiger partial charge >= 0.3 is 0 Å². The molecule has 0 aliphatic carbocycles. The van der Waals surface area contributed by atoms with E-state index in [2.05, 4.69) is 24.1 Å². The fourth-order valence-corrected chi connectivity index (χ4v) is 4.36. The molecule has 1 aliphatic rings. The molecule has 0 spiro atoms. The highest BCUT2D eigenvalue weighted by atomic mass is 19.1. The Morgan fingerprint density at radius 2 is 1.62 bits per heavy atom. The van der Waals surface area contributed by atoms with Gasteiger partial charge in [0.25, 0.3) is 0 Å². The summed E-state index contributed by atoms with van der Waals surface area (Å²) >= 11 is 0. The maximum Gasteiger partial charge on any atom is 0.189 e. The van der Waals surface area contributed by atoms with Crippen molar-refractivity contribution in [2.45, 2.75) is 26.9 Å². The van der Waals surface area contributed by atoms with Gasteiger partial charge in [-0.1, -0.05) is 24.3 Å². The van der Waals surface area contributed by atoms with Crippen molar-refractivity contribution in [3.63, 3.8) is 0 Å². The number of fused-ring (bicyclic) bond motifs is 1. The van der Waals surface area contributed by atoms with Crippen molar-refractivity contribution in [1.29, 1.82) is 0 Å². The van der Waals surface area contributed by atoms with Crippen LogP contribution < -0.4 is 9.80 Å². The lowest BCUT2D eigenvalue weighted by atomic mass is 10.1. The van der Waals surface area contributed by atoms with Gasteiger partial charge in [0.15, 0.2) is 11.5 Å². The molecular formula is C24H24F2N3+. The van der Waals surface area contributed by atoms with Gasteiger partial charge in [0, 0.05) is 42.4 Å². The molecule has 3 nitrogen and oxygen atoms in total. The van der Waals surface area contributed by atoms with E-state index in [1.54, 1.807) is 12.1 Å². The van der Waals surface area contributed by atoms with E-state index in [4.69, 9.17) is 0 Å². The summed E-state index contributed by atoms with van der Waals surface area (Å²) in [7, 11) is 1.86. The summed E-state index contributed by atoms with van der Waals surface area (Å²) in [4.78, 5) is 4.56. The zero-order valence-electron chi connectivity index (χ0n) is 16.8. The fraction of sp³-hybridized carbons (Fsp3) is 0.208. The van der Waals surface area contributed by atoms with Gasteiger partial charge in [0.05, 0.1) is 0 Å². The SMILES string of the molecule is CNc1nccc2c1[N+](Cc1ccc(F)cc1)(Cc1cccc(F)c1)C(C)=C2C. The van der Waals surface area contributed by atoms with E-state index in [0.29, 0.717) is 17.6 Å². The maximum atomic E-state index is 14.0. The molecule has 1 unspecified atom stereocenters. The second kappa shape index (κ2) is 7.41. The number of allylic oxidation sites excluding steroid dienone is 2. The summed E-state index contributed by atoms with van der Waals surface area (Å²) in [6.45, 7) is 5.43. The average Bonchev–Trinajstić information content (AvgIpc) is 2.92. The van der Waals surface area contributed by atoms with Crippen LogP contribution in [0.1, 0.15) is 30.5 Å². The van der Waals surface area contributed by atoms with Gasteiger partial charge in [-0.25, -0.2) is 13.8 Å². The van der Waals surface area contributed by atoms with E-state index in [-0.39, 0.29) is 11.6 Å². The van der Waals surface area contributed by atoms with Crippen molar-refractivity contribution in [3.05, 3.63) is 94.8 Å². The molecule has 0 bridgehead atoms. The molecule has 4 rings (SSSR count). The van der Waals surface area contributed by atoms with E-state index in [0.717, 1.165) is 28.2 Å². The molecule has 0 saturated heterocycles. The Morgan fingerprint density at radius 1 is 0.897 bits per heavy atom. The van der Waals surface area contributed by atoms with E-state index in [1.807, 2.05) is 37.5 Å². The molecule has 0 saturated carbocycles. The summed E-state index contributed by atoms with van der Waals surface area (Å²) in [5.41, 5.74) is 6.49. The van der Waals surface area contributed by atoms with Gasteiger partial charge in [-0.3, -0.25) is 4.48 Å². The monoisotopic (exact) mass is 392 g/mol. The first-order chi connectivity index (χ1) is 13.9. The van der Waals surface area contributed by atoms with Gasteiger partial charge in [-0.2, -0.15) is 0 Å². The highest BCUT2D eigenvalue weighted by Crippen LogP contribution is 2.50. The van der Waals surface area contributed by atoms with Crippen LogP contribution in [0.4, 0.5) is 20.3 Å². The second-order valence-electron chi connectivity index (χ2n) is 7.56. The molecule has 5 heteroatoms. The molecule has 1 aromatic heterocycles. The average molecular weight is 392 g/mol. The molecule has 1 atom stereocenters. The van der Waals surface area contributed by atoms with Crippen LogP contribution in [0.2, 0.25) is 0 Å². The third-order valence-corrected chi connectivity index (χ3v) is 5.89. The Balaban J connectivity index is 1.93. The smallest absolute Gasteiger partial charge is 0.189 e. The number of halogens is 2. The Hall–Kier alpha value is -3.05. The highest BCUT2D eigenvalue weighted by Gasteiger charge is 2.45. The van der Waals surface area contributed by atoms with Crippen molar-refractivity contribution >= 4 is 17.1 Å². The van der Waals surface area contributed by atoms with E-state index >= 15 is 0 Å². The number of quaternary nitrogens is 1. The van der Waals surface area contributed by atoms with Crippen LogP contribution in [-0.4, -0.2) is 12.0 Å². The molecule has 1 N–H and O–H groups in total. The number of rotatable bonds is 5. The second-order valence-corrected chi connectivity index (χ2v) is 7.56. The lowest BCUT2D eigenvalue weighted by molar-refractivity contribution is 0.332. The first kappa shape index (κ1) is 19.3. The molecular weight excluding hydrogens is 368 g/mol. The lowest BCUT2D eigenvalue weighted by Gasteiger charge is -2.37. The predicted molar refractivity (Wildman–Crippen MR) is 114 cm³/mol. The van der Waals surface area contributed by atoms with E-state index in [1.165, 1.54) is 29.5 Å². The van der Waals surface area contributed by atoms with Crippen LogP contribution in [0.5, 0.6) is 0 Å². The Morgan fingerprint density at radius 3 is 2.31 bits per heavy atom. The zero-order chi connectivity index (χ0) is 20.6. The number of hydrogen-bond donors (Lipinski definition) is 1. The topological polar surface area (TPSA) is 24.9 Å². The quantitative estimate of drug-likeness (QED) is 0.549. The summed E-state index contributed by atoms with van der Waals surface area (Å²) in [6.07, 6.45) is 1.81. The van der Waals surface area contributed by atoms with Gasteiger partial charge in [-0.05, 0) is 37.3 Å². The fourth-order valence-electron chi connectivity index (χ4n) is 4.36. The van der Waals surface area contributed by atoms with E-state index < -0.39 is 0 Å². The minimum Gasteiger partial charge on any atom is -0.368 e.